The Balaban J connectivity index is 3.15. The van der Waals surface area contributed by atoms with Gasteiger partial charge in [0.1, 0.15) is 5.75 Å². The lowest BCUT2D eigenvalue weighted by Gasteiger charge is -2.18. The quantitative estimate of drug-likeness (QED) is 0.712. The average Bonchev–Trinajstić information content (AvgIpc) is 2.27. The average molecular weight is 206 g/mol. The van der Waals surface area contributed by atoms with Crippen LogP contribution in [0.3, 0.4) is 0 Å². The van der Waals surface area contributed by atoms with Gasteiger partial charge in [0.15, 0.2) is 0 Å². The SMILES string of the molecule is CCC(C)c1ccc(OC)cc1C(C)C. The van der Waals surface area contributed by atoms with Crippen molar-refractivity contribution >= 4 is 0 Å². The van der Waals surface area contributed by atoms with E-state index >= 15 is 0 Å². The molecule has 15 heavy (non-hydrogen) atoms. The second kappa shape index (κ2) is 5.20. The maximum absolute atomic E-state index is 5.27. The van der Waals surface area contributed by atoms with E-state index < -0.39 is 0 Å². The molecule has 0 bridgehead atoms. The Bertz CT molecular complexity index is 315. The van der Waals surface area contributed by atoms with Gasteiger partial charge in [-0.1, -0.05) is 33.8 Å². The molecule has 84 valence electrons. The van der Waals surface area contributed by atoms with Crippen LogP contribution in [0.2, 0.25) is 0 Å². The van der Waals surface area contributed by atoms with Crippen molar-refractivity contribution < 1.29 is 4.74 Å². The van der Waals surface area contributed by atoms with Crippen LogP contribution < -0.4 is 4.74 Å². The van der Waals surface area contributed by atoms with Gasteiger partial charge < -0.3 is 4.74 Å². The Morgan fingerprint density at radius 3 is 2.27 bits per heavy atom. The Labute approximate surface area is 93.5 Å². The summed E-state index contributed by atoms with van der Waals surface area (Å²) in [5, 5.41) is 0. The van der Waals surface area contributed by atoms with E-state index in [4.69, 9.17) is 4.74 Å². The zero-order valence-corrected chi connectivity index (χ0v) is 10.5. The minimum absolute atomic E-state index is 0.559. The zero-order valence-electron chi connectivity index (χ0n) is 10.5. The molecule has 0 N–H and O–H groups in total. The maximum atomic E-state index is 5.27. The third-order valence-corrected chi connectivity index (χ3v) is 3.06. The van der Waals surface area contributed by atoms with Crippen LogP contribution in [0.25, 0.3) is 0 Å². The first-order valence-corrected chi connectivity index (χ1v) is 5.78. The van der Waals surface area contributed by atoms with Crippen LogP contribution in [0, 0.1) is 0 Å². The lowest BCUT2D eigenvalue weighted by molar-refractivity contribution is 0.413. The first-order valence-electron chi connectivity index (χ1n) is 5.78. The summed E-state index contributed by atoms with van der Waals surface area (Å²) in [5.74, 6) is 2.16. The number of ether oxygens (including phenoxy) is 1. The van der Waals surface area contributed by atoms with Gasteiger partial charge in [-0.3, -0.25) is 0 Å². The molecule has 0 aliphatic heterocycles. The second-order valence-corrected chi connectivity index (χ2v) is 4.46. The zero-order chi connectivity index (χ0) is 11.4. The first kappa shape index (κ1) is 12.1. The van der Waals surface area contributed by atoms with Crippen LogP contribution in [-0.4, -0.2) is 7.11 Å². The maximum Gasteiger partial charge on any atom is 0.119 e. The molecule has 1 atom stereocenters. The highest BCUT2D eigenvalue weighted by molar-refractivity contribution is 5.39. The summed E-state index contributed by atoms with van der Waals surface area (Å²) in [6.45, 7) is 8.99. The standard InChI is InChI=1S/C14H22O/c1-6-11(4)13-8-7-12(15-5)9-14(13)10(2)3/h7-11H,6H2,1-5H3. The minimum atomic E-state index is 0.559. The molecule has 0 saturated heterocycles. The van der Waals surface area contributed by atoms with Crippen molar-refractivity contribution in [3.63, 3.8) is 0 Å². The molecule has 0 aromatic heterocycles. The molecule has 1 unspecified atom stereocenters. The van der Waals surface area contributed by atoms with Gasteiger partial charge in [0.05, 0.1) is 7.11 Å². The van der Waals surface area contributed by atoms with Crippen molar-refractivity contribution in [2.45, 2.75) is 46.0 Å². The monoisotopic (exact) mass is 206 g/mol. The van der Waals surface area contributed by atoms with Gasteiger partial charge in [-0.05, 0) is 41.5 Å². The van der Waals surface area contributed by atoms with Crippen LogP contribution in [0.4, 0.5) is 0 Å². The number of methoxy groups -OCH3 is 1. The predicted molar refractivity (Wildman–Crippen MR) is 65.8 cm³/mol. The number of hydrogen-bond donors (Lipinski definition) is 0. The van der Waals surface area contributed by atoms with Crippen molar-refractivity contribution in [2.24, 2.45) is 0 Å². The Morgan fingerprint density at radius 2 is 1.80 bits per heavy atom. The van der Waals surface area contributed by atoms with Gasteiger partial charge in [0.25, 0.3) is 0 Å². The van der Waals surface area contributed by atoms with Crippen molar-refractivity contribution in [3.8, 4) is 5.75 Å². The number of rotatable bonds is 4. The van der Waals surface area contributed by atoms with Crippen molar-refractivity contribution in [1.29, 1.82) is 0 Å². The number of hydrogen-bond acceptors (Lipinski definition) is 1. The van der Waals surface area contributed by atoms with Gasteiger partial charge in [-0.2, -0.15) is 0 Å². The van der Waals surface area contributed by atoms with E-state index in [1.807, 2.05) is 0 Å². The summed E-state index contributed by atoms with van der Waals surface area (Å²) >= 11 is 0. The predicted octanol–water partition coefficient (Wildman–Crippen LogP) is 4.33. The molecule has 0 aliphatic carbocycles. The highest BCUT2D eigenvalue weighted by Crippen LogP contribution is 2.31. The summed E-state index contributed by atoms with van der Waals surface area (Å²) in [6, 6.07) is 6.45. The summed E-state index contributed by atoms with van der Waals surface area (Å²) in [5.41, 5.74) is 2.89. The summed E-state index contributed by atoms with van der Waals surface area (Å²) < 4.78 is 5.27. The highest BCUT2D eigenvalue weighted by atomic mass is 16.5. The smallest absolute Gasteiger partial charge is 0.119 e. The largest absolute Gasteiger partial charge is 0.497 e. The first-order chi connectivity index (χ1) is 7.10. The molecule has 0 radical (unpaired) electrons. The highest BCUT2D eigenvalue weighted by Gasteiger charge is 2.12. The Kier molecular flexibility index (Phi) is 4.19. The minimum Gasteiger partial charge on any atom is -0.497 e. The van der Waals surface area contributed by atoms with Crippen molar-refractivity contribution in [1.82, 2.24) is 0 Å². The van der Waals surface area contributed by atoms with E-state index in [2.05, 4.69) is 45.9 Å². The molecule has 0 fully saturated rings. The third-order valence-electron chi connectivity index (χ3n) is 3.06. The fraction of sp³-hybridized carbons (Fsp3) is 0.571. The van der Waals surface area contributed by atoms with E-state index in [-0.39, 0.29) is 0 Å². The number of benzene rings is 1. The molecule has 0 spiro atoms. The third kappa shape index (κ3) is 2.74. The lowest BCUT2D eigenvalue weighted by atomic mass is 9.88. The molecule has 0 saturated carbocycles. The van der Waals surface area contributed by atoms with Gasteiger partial charge in [-0.15, -0.1) is 0 Å². The van der Waals surface area contributed by atoms with Crippen LogP contribution >= 0.6 is 0 Å². The molecular formula is C14H22O. The van der Waals surface area contributed by atoms with Crippen molar-refractivity contribution in [3.05, 3.63) is 29.3 Å². The Hall–Kier alpha value is -0.980. The molecule has 1 aromatic carbocycles. The van der Waals surface area contributed by atoms with Gasteiger partial charge >= 0.3 is 0 Å². The molecule has 1 aromatic rings. The molecule has 0 amide bonds. The van der Waals surface area contributed by atoms with Crippen LogP contribution in [0.15, 0.2) is 18.2 Å². The summed E-state index contributed by atoms with van der Waals surface area (Å²) in [7, 11) is 1.72. The molecule has 0 heterocycles. The van der Waals surface area contributed by atoms with E-state index in [0.29, 0.717) is 11.8 Å². The van der Waals surface area contributed by atoms with E-state index in [1.165, 1.54) is 17.5 Å². The van der Waals surface area contributed by atoms with E-state index in [9.17, 15) is 0 Å². The van der Waals surface area contributed by atoms with E-state index in [0.717, 1.165) is 5.75 Å². The van der Waals surface area contributed by atoms with Crippen LogP contribution in [-0.2, 0) is 0 Å². The molecule has 1 heteroatoms. The van der Waals surface area contributed by atoms with Gasteiger partial charge in [-0.25, -0.2) is 0 Å². The fourth-order valence-corrected chi connectivity index (χ4v) is 1.85. The fourth-order valence-electron chi connectivity index (χ4n) is 1.85. The second-order valence-electron chi connectivity index (χ2n) is 4.46. The summed E-state index contributed by atoms with van der Waals surface area (Å²) in [6.07, 6.45) is 1.19. The molecule has 0 aliphatic rings. The van der Waals surface area contributed by atoms with Gasteiger partial charge in [0.2, 0.25) is 0 Å². The molecule has 1 nitrogen and oxygen atoms in total. The van der Waals surface area contributed by atoms with Crippen molar-refractivity contribution in [2.75, 3.05) is 7.11 Å². The van der Waals surface area contributed by atoms with Crippen LogP contribution in [0.1, 0.15) is 57.1 Å². The van der Waals surface area contributed by atoms with Crippen LogP contribution in [0.5, 0.6) is 5.75 Å². The topological polar surface area (TPSA) is 9.23 Å². The van der Waals surface area contributed by atoms with Gasteiger partial charge in [0, 0.05) is 0 Å². The Morgan fingerprint density at radius 1 is 1.13 bits per heavy atom. The van der Waals surface area contributed by atoms with E-state index in [1.54, 1.807) is 7.11 Å². The molecular weight excluding hydrogens is 184 g/mol. The normalized spacial score (nSPS) is 12.9. The lowest BCUT2D eigenvalue weighted by Crippen LogP contribution is -2.01. The molecule has 1 rings (SSSR count). The summed E-state index contributed by atoms with van der Waals surface area (Å²) in [4.78, 5) is 0.